The van der Waals surface area contributed by atoms with Crippen molar-refractivity contribution < 1.29 is 19.1 Å². The molecule has 1 aliphatic carbocycles. The molecule has 1 unspecified atom stereocenters. The van der Waals surface area contributed by atoms with Crippen molar-refractivity contribution in [2.45, 2.75) is 39.2 Å². The van der Waals surface area contributed by atoms with Crippen LogP contribution >= 0.6 is 0 Å². The van der Waals surface area contributed by atoms with E-state index in [1.54, 1.807) is 0 Å². The Labute approximate surface area is 122 Å². The van der Waals surface area contributed by atoms with Gasteiger partial charge in [-0.3, -0.25) is 0 Å². The molecule has 0 saturated heterocycles. The van der Waals surface area contributed by atoms with E-state index in [2.05, 4.69) is 24.5 Å². The van der Waals surface area contributed by atoms with Crippen molar-refractivity contribution >= 4 is 17.7 Å². The van der Waals surface area contributed by atoms with Crippen molar-refractivity contribution in [2.75, 3.05) is 5.32 Å². The predicted octanol–water partition coefficient (Wildman–Crippen LogP) is 3.22. The van der Waals surface area contributed by atoms with Crippen LogP contribution in [0.1, 0.15) is 43.5 Å². The number of nitrogens with one attached hydrogen (secondary N) is 2. The van der Waals surface area contributed by atoms with Crippen molar-refractivity contribution in [2.24, 2.45) is 5.41 Å². The summed E-state index contributed by atoms with van der Waals surface area (Å²) in [4.78, 5) is 23.0. The molecule has 1 aromatic carbocycles. The first kappa shape index (κ1) is 15.3. The molecule has 1 saturated carbocycles. The summed E-state index contributed by atoms with van der Waals surface area (Å²) in [5, 5.41) is 14.3. The summed E-state index contributed by atoms with van der Waals surface area (Å²) in [5.74, 6) is -1.94. The Bertz CT molecular complexity index is 572. The lowest BCUT2D eigenvalue weighted by molar-refractivity contribution is 0.0697. The lowest BCUT2D eigenvalue weighted by Crippen LogP contribution is -2.37. The number of carboxylic acids is 1. The monoisotopic (exact) mass is 294 g/mol. The maximum atomic E-state index is 13.1. The molecular formula is C15H19FN2O3. The maximum Gasteiger partial charge on any atom is 0.337 e. The minimum absolute atomic E-state index is 0.0775. The zero-order valence-corrected chi connectivity index (χ0v) is 12.1. The van der Waals surface area contributed by atoms with Gasteiger partial charge in [0.15, 0.2) is 0 Å². The van der Waals surface area contributed by atoms with E-state index in [0.717, 1.165) is 31.4 Å². The highest BCUT2D eigenvalue weighted by molar-refractivity contribution is 6.00. The van der Waals surface area contributed by atoms with Crippen LogP contribution in [-0.2, 0) is 0 Å². The number of anilines is 1. The largest absolute Gasteiger partial charge is 0.478 e. The molecule has 0 aromatic heterocycles. The number of amides is 2. The van der Waals surface area contributed by atoms with E-state index < -0.39 is 17.8 Å². The van der Waals surface area contributed by atoms with E-state index in [1.165, 1.54) is 6.07 Å². The summed E-state index contributed by atoms with van der Waals surface area (Å²) in [5.41, 5.74) is 0.0237. The number of rotatable bonds is 3. The summed E-state index contributed by atoms with van der Waals surface area (Å²) < 4.78 is 13.1. The second kappa shape index (κ2) is 5.71. The first-order valence-electron chi connectivity index (χ1n) is 6.87. The molecule has 6 heteroatoms. The molecule has 1 aliphatic rings. The Morgan fingerprint density at radius 2 is 2.10 bits per heavy atom. The Balaban J connectivity index is 2.02. The Morgan fingerprint density at radius 1 is 1.38 bits per heavy atom. The fourth-order valence-corrected chi connectivity index (χ4v) is 2.71. The highest BCUT2D eigenvalue weighted by Gasteiger charge is 2.31. The fourth-order valence-electron chi connectivity index (χ4n) is 2.71. The molecular weight excluding hydrogens is 275 g/mol. The second-order valence-electron chi connectivity index (χ2n) is 6.20. The van der Waals surface area contributed by atoms with Gasteiger partial charge in [-0.1, -0.05) is 13.8 Å². The Hall–Kier alpha value is -2.11. The van der Waals surface area contributed by atoms with Crippen LogP contribution in [-0.4, -0.2) is 23.1 Å². The van der Waals surface area contributed by atoms with Crippen LogP contribution in [0.4, 0.5) is 14.9 Å². The number of carbonyl (C=O) groups is 2. The first-order valence-corrected chi connectivity index (χ1v) is 6.87. The van der Waals surface area contributed by atoms with E-state index in [4.69, 9.17) is 5.11 Å². The lowest BCUT2D eigenvalue weighted by Gasteiger charge is -2.18. The third-order valence-corrected chi connectivity index (χ3v) is 3.76. The van der Waals surface area contributed by atoms with Gasteiger partial charge in [-0.15, -0.1) is 0 Å². The molecule has 0 radical (unpaired) electrons. The molecule has 5 nitrogen and oxygen atoms in total. The smallest absolute Gasteiger partial charge is 0.337 e. The average Bonchev–Trinajstić information content (AvgIpc) is 2.70. The van der Waals surface area contributed by atoms with Gasteiger partial charge in [-0.2, -0.15) is 0 Å². The summed E-state index contributed by atoms with van der Waals surface area (Å²) in [6.45, 7) is 4.30. The summed E-state index contributed by atoms with van der Waals surface area (Å²) in [7, 11) is 0. The van der Waals surface area contributed by atoms with E-state index in [0.29, 0.717) is 0 Å². The van der Waals surface area contributed by atoms with E-state index in [-0.39, 0.29) is 22.7 Å². The minimum Gasteiger partial charge on any atom is -0.478 e. The second-order valence-corrected chi connectivity index (χ2v) is 6.20. The van der Waals surface area contributed by atoms with Crippen LogP contribution in [0.25, 0.3) is 0 Å². The normalized spacial score (nSPS) is 20.0. The van der Waals surface area contributed by atoms with E-state index in [1.807, 2.05) is 0 Å². The number of aromatic carboxylic acids is 1. The van der Waals surface area contributed by atoms with Gasteiger partial charge in [0.2, 0.25) is 0 Å². The van der Waals surface area contributed by atoms with Crippen LogP contribution < -0.4 is 10.6 Å². The third-order valence-electron chi connectivity index (χ3n) is 3.76. The van der Waals surface area contributed by atoms with Gasteiger partial charge in [-0.25, -0.2) is 14.0 Å². The quantitative estimate of drug-likeness (QED) is 0.801. The zero-order chi connectivity index (χ0) is 15.6. The van der Waals surface area contributed by atoms with Crippen molar-refractivity contribution in [3.05, 3.63) is 29.6 Å². The zero-order valence-electron chi connectivity index (χ0n) is 12.1. The standard InChI is InChI=1S/C15H19FN2O3/c1-15(2)6-5-10(8-15)17-14(21)18-12-4-3-9(16)7-11(12)13(19)20/h3-4,7,10H,5-6,8H2,1-2H3,(H,19,20)(H2,17,18,21). The molecule has 3 N–H and O–H groups in total. The van der Waals surface area contributed by atoms with Crippen molar-refractivity contribution in [3.8, 4) is 0 Å². The summed E-state index contributed by atoms with van der Waals surface area (Å²) >= 11 is 0. The van der Waals surface area contributed by atoms with Gasteiger partial charge in [0.25, 0.3) is 0 Å². The minimum atomic E-state index is -1.29. The topological polar surface area (TPSA) is 78.4 Å². The molecule has 1 aromatic rings. The van der Waals surface area contributed by atoms with E-state index in [9.17, 15) is 14.0 Å². The van der Waals surface area contributed by atoms with Gasteiger partial charge in [0.05, 0.1) is 11.3 Å². The SMILES string of the molecule is CC1(C)CCC(NC(=O)Nc2ccc(F)cc2C(=O)O)C1. The Kier molecular flexibility index (Phi) is 4.16. The highest BCUT2D eigenvalue weighted by atomic mass is 19.1. The highest BCUT2D eigenvalue weighted by Crippen LogP contribution is 2.36. The van der Waals surface area contributed by atoms with Crippen LogP contribution in [0, 0.1) is 11.2 Å². The molecule has 0 aliphatic heterocycles. The summed E-state index contributed by atoms with van der Waals surface area (Å²) in [6.07, 6.45) is 2.82. The van der Waals surface area contributed by atoms with Gasteiger partial charge in [-0.05, 0) is 42.9 Å². The number of halogens is 1. The molecule has 21 heavy (non-hydrogen) atoms. The number of carbonyl (C=O) groups excluding carboxylic acids is 1. The molecule has 0 spiro atoms. The lowest BCUT2D eigenvalue weighted by atomic mass is 9.92. The van der Waals surface area contributed by atoms with Crippen LogP contribution in [0.15, 0.2) is 18.2 Å². The first-order chi connectivity index (χ1) is 9.77. The van der Waals surface area contributed by atoms with Gasteiger partial charge < -0.3 is 15.7 Å². The fraction of sp³-hybridized carbons (Fsp3) is 0.467. The Morgan fingerprint density at radius 3 is 2.67 bits per heavy atom. The molecule has 0 bridgehead atoms. The maximum absolute atomic E-state index is 13.1. The predicted molar refractivity (Wildman–Crippen MR) is 76.9 cm³/mol. The number of hydrogen-bond acceptors (Lipinski definition) is 2. The molecule has 2 amide bonds. The molecule has 2 rings (SSSR count). The molecule has 1 atom stereocenters. The molecule has 114 valence electrons. The number of benzene rings is 1. The average molecular weight is 294 g/mol. The van der Waals surface area contributed by atoms with E-state index >= 15 is 0 Å². The number of urea groups is 1. The third kappa shape index (κ3) is 3.93. The van der Waals surface area contributed by atoms with Crippen LogP contribution in [0.5, 0.6) is 0 Å². The van der Waals surface area contributed by atoms with Gasteiger partial charge in [0.1, 0.15) is 5.82 Å². The number of carboxylic acid groups (broad SMARTS) is 1. The molecule has 0 heterocycles. The summed E-state index contributed by atoms with van der Waals surface area (Å²) in [6, 6.07) is 2.86. The van der Waals surface area contributed by atoms with Crippen molar-refractivity contribution in [1.82, 2.24) is 5.32 Å². The van der Waals surface area contributed by atoms with Crippen LogP contribution in [0.3, 0.4) is 0 Å². The van der Waals surface area contributed by atoms with Crippen LogP contribution in [0.2, 0.25) is 0 Å². The van der Waals surface area contributed by atoms with Gasteiger partial charge >= 0.3 is 12.0 Å². The molecule has 1 fully saturated rings. The van der Waals surface area contributed by atoms with Crippen molar-refractivity contribution in [3.63, 3.8) is 0 Å². The van der Waals surface area contributed by atoms with Crippen molar-refractivity contribution in [1.29, 1.82) is 0 Å². The number of hydrogen-bond donors (Lipinski definition) is 3. The van der Waals surface area contributed by atoms with Gasteiger partial charge in [0, 0.05) is 6.04 Å².